The van der Waals surface area contributed by atoms with Crippen molar-refractivity contribution in [2.45, 2.75) is 39.7 Å². The lowest BCUT2D eigenvalue weighted by Crippen LogP contribution is -2.35. The van der Waals surface area contributed by atoms with Crippen LogP contribution in [0.5, 0.6) is 0 Å². The molecule has 1 atom stereocenters. The van der Waals surface area contributed by atoms with E-state index in [1.807, 2.05) is 6.07 Å². The number of nitrogens with one attached hydrogen (secondary N) is 1. The molecular formula is C19H26N4. The van der Waals surface area contributed by atoms with Gasteiger partial charge in [0, 0.05) is 30.8 Å². The van der Waals surface area contributed by atoms with Crippen LogP contribution >= 0.6 is 0 Å². The molecular weight excluding hydrogens is 284 g/mol. The molecule has 1 saturated heterocycles. The summed E-state index contributed by atoms with van der Waals surface area (Å²) in [7, 11) is 0. The molecule has 0 amide bonds. The zero-order chi connectivity index (χ0) is 16.2. The first-order chi connectivity index (χ1) is 11.1. The van der Waals surface area contributed by atoms with Gasteiger partial charge in [0.15, 0.2) is 0 Å². The Hall–Kier alpha value is -2.10. The van der Waals surface area contributed by atoms with E-state index < -0.39 is 0 Å². The van der Waals surface area contributed by atoms with Crippen LogP contribution in [0.4, 0.5) is 11.8 Å². The predicted molar refractivity (Wildman–Crippen MR) is 96.8 cm³/mol. The third-order valence-corrected chi connectivity index (χ3v) is 4.18. The van der Waals surface area contributed by atoms with E-state index >= 15 is 0 Å². The highest BCUT2D eigenvalue weighted by Crippen LogP contribution is 2.27. The van der Waals surface area contributed by atoms with Gasteiger partial charge in [-0.2, -0.15) is 4.98 Å². The largest absolute Gasteiger partial charge is 0.356 e. The molecule has 1 aliphatic heterocycles. The van der Waals surface area contributed by atoms with Gasteiger partial charge in [-0.15, -0.1) is 0 Å². The molecule has 1 aromatic carbocycles. The van der Waals surface area contributed by atoms with Crippen LogP contribution in [0.2, 0.25) is 0 Å². The van der Waals surface area contributed by atoms with Crippen LogP contribution in [-0.4, -0.2) is 29.1 Å². The Labute approximate surface area is 139 Å². The van der Waals surface area contributed by atoms with Crippen LogP contribution < -0.4 is 10.2 Å². The number of piperidine rings is 1. The monoisotopic (exact) mass is 310 g/mol. The number of aromatic nitrogens is 2. The maximum absolute atomic E-state index is 4.76. The van der Waals surface area contributed by atoms with Crippen molar-refractivity contribution in [1.82, 2.24) is 9.97 Å². The van der Waals surface area contributed by atoms with Gasteiger partial charge in [-0.05, 0) is 32.6 Å². The lowest BCUT2D eigenvalue weighted by Gasteiger charge is -2.32. The Morgan fingerprint density at radius 1 is 1.17 bits per heavy atom. The zero-order valence-electron chi connectivity index (χ0n) is 14.3. The fourth-order valence-corrected chi connectivity index (χ4v) is 3.07. The van der Waals surface area contributed by atoms with Gasteiger partial charge in [-0.1, -0.05) is 37.3 Å². The summed E-state index contributed by atoms with van der Waals surface area (Å²) < 4.78 is 0. The quantitative estimate of drug-likeness (QED) is 0.919. The minimum atomic E-state index is 0.314. The second-order valence-corrected chi connectivity index (χ2v) is 6.79. The van der Waals surface area contributed by atoms with Crippen LogP contribution in [0.1, 0.15) is 33.6 Å². The average Bonchev–Trinajstić information content (AvgIpc) is 2.55. The number of hydrogen-bond acceptors (Lipinski definition) is 4. The molecule has 0 saturated carbocycles. The topological polar surface area (TPSA) is 41.1 Å². The first-order valence-corrected chi connectivity index (χ1v) is 8.58. The second kappa shape index (κ2) is 6.99. The third-order valence-electron chi connectivity index (χ3n) is 4.18. The van der Waals surface area contributed by atoms with E-state index in [1.54, 1.807) is 0 Å². The molecule has 3 rings (SSSR count). The highest BCUT2D eigenvalue weighted by Gasteiger charge is 2.19. The van der Waals surface area contributed by atoms with E-state index in [0.717, 1.165) is 42.0 Å². The Morgan fingerprint density at radius 2 is 1.96 bits per heavy atom. The molecule has 0 spiro atoms. The number of rotatable bonds is 4. The molecule has 0 radical (unpaired) electrons. The number of nitrogens with zero attached hydrogens (tertiary/aromatic N) is 3. The van der Waals surface area contributed by atoms with Crippen molar-refractivity contribution in [2.75, 3.05) is 23.3 Å². The maximum atomic E-state index is 4.76. The Balaban J connectivity index is 1.97. The van der Waals surface area contributed by atoms with Crippen molar-refractivity contribution < 1.29 is 0 Å². The zero-order valence-corrected chi connectivity index (χ0v) is 14.3. The van der Waals surface area contributed by atoms with Gasteiger partial charge in [0.25, 0.3) is 0 Å². The van der Waals surface area contributed by atoms with E-state index in [0.29, 0.717) is 6.04 Å². The maximum Gasteiger partial charge on any atom is 0.225 e. The Kier molecular flexibility index (Phi) is 4.79. The Morgan fingerprint density at radius 3 is 2.65 bits per heavy atom. The molecule has 1 N–H and O–H groups in total. The lowest BCUT2D eigenvalue weighted by molar-refractivity contribution is 0.444. The average molecular weight is 310 g/mol. The fourth-order valence-electron chi connectivity index (χ4n) is 3.07. The minimum absolute atomic E-state index is 0.314. The van der Waals surface area contributed by atoms with Gasteiger partial charge in [0.05, 0.1) is 5.69 Å². The fraction of sp³-hybridized carbons (Fsp3) is 0.474. The first kappa shape index (κ1) is 15.8. The summed E-state index contributed by atoms with van der Waals surface area (Å²) in [5.74, 6) is 2.48. The van der Waals surface area contributed by atoms with E-state index in [1.165, 1.54) is 12.8 Å². The molecule has 1 aliphatic rings. The molecule has 0 aliphatic carbocycles. The van der Waals surface area contributed by atoms with Crippen molar-refractivity contribution in [2.24, 2.45) is 5.92 Å². The predicted octanol–water partition coefficient (Wildman–Crippen LogP) is 4.20. The summed E-state index contributed by atoms with van der Waals surface area (Å²) in [5, 5.41) is 3.36. The lowest BCUT2D eigenvalue weighted by atomic mass is 10.0. The molecule has 122 valence electrons. The molecule has 4 heteroatoms. The summed E-state index contributed by atoms with van der Waals surface area (Å²) in [6.07, 6.45) is 2.54. The molecule has 23 heavy (non-hydrogen) atoms. The Bertz CT molecular complexity index is 639. The summed E-state index contributed by atoms with van der Waals surface area (Å²) >= 11 is 0. The van der Waals surface area contributed by atoms with Crippen LogP contribution in [0, 0.1) is 5.92 Å². The highest BCUT2D eigenvalue weighted by molar-refractivity contribution is 5.65. The van der Waals surface area contributed by atoms with E-state index in [4.69, 9.17) is 9.97 Å². The normalized spacial score (nSPS) is 18.3. The molecule has 1 fully saturated rings. The van der Waals surface area contributed by atoms with Crippen molar-refractivity contribution in [3.8, 4) is 11.3 Å². The highest BCUT2D eigenvalue weighted by atomic mass is 15.2. The van der Waals surface area contributed by atoms with Crippen LogP contribution in [-0.2, 0) is 0 Å². The van der Waals surface area contributed by atoms with Crippen molar-refractivity contribution in [3.63, 3.8) is 0 Å². The van der Waals surface area contributed by atoms with Gasteiger partial charge in [-0.25, -0.2) is 4.98 Å². The van der Waals surface area contributed by atoms with Crippen molar-refractivity contribution >= 4 is 11.8 Å². The number of benzene rings is 1. The standard InChI is InChI=1S/C19H26N4/c1-14(2)20-19-21-17(16-9-5-4-6-10-16)12-18(22-19)23-11-7-8-15(3)13-23/h4-6,9-10,12,14-15H,7-8,11,13H2,1-3H3,(H,20,21,22). The van der Waals surface area contributed by atoms with Gasteiger partial charge in [0.2, 0.25) is 5.95 Å². The molecule has 0 bridgehead atoms. The number of anilines is 2. The van der Waals surface area contributed by atoms with Crippen molar-refractivity contribution in [1.29, 1.82) is 0 Å². The van der Waals surface area contributed by atoms with E-state index in [2.05, 4.69) is 61.3 Å². The number of hydrogen-bond donors (Lipinski definition) is 1. The SMILES string of the molecule is CC1CCCN(c2cc(-c3ccccc3)nc(NC(C)C)n2)C1. The van der Waals surface area contributed by atoms with E-state index in [-0.39, 0.29) is 0 Å². The van der Waals surface area contributed by atoms with Crippen LogP contribution in [0.15, 0.2) is 36.4 Å². The van der Waals surface area contributed by atoms with Crippen LogP contribution in [0.3, 0.4) is 0 Å². The summed E-state index contributed by atoms with van der Waals surface area (Å²) in [5.41, 5.74) is 2.12. The summed E-state index contributed by atoms with van der Waals surface area (Å²) in [6.45, 7) is 8.70. The first-order valence-electron chi connectivity index (χ1n) is 8.58. The summed E-state index contributed by atoms with van der Waals surface area (Å²) in [4.78, 5) is 11.9. The van der Waals surface area contributed by atoms with Gasteiger partial charge in [0.1, 0.15) is 5.82 Å². The van der Waals surface area contributed by atoms with Gasteiger partial charge in [-0.3, -0.25) is 0 Å². The molecule has 1 aromatic heterocycles. The second-order valence-electron chi connectivity index (χ2n) is 6.79. The molecule has 2 heterocycles. The van der Waals surface area contributed by atoms with E-state index in [9.17, 15) is 0 Å². The molecule has 2 aromatic rings. The van der Waals surface area contributed by atoms with Gasteiger partial charge >= 0.3 is 0 Å². The minimum Gasteiger partial charge on any atom is -0.356 e. The molecule has 4 nitrogen and oxygen atoms in total. The third kappa shape index (κ3) is 4.01. The van der Waals surface area contributed by atoms with Gasteiger partial charge < -0.3 is 10.2 Å². The van der Waals surface area contributed by atoms with Crippen LogP contribution in [0.25, 0.3) is 11.3 Å². The summed E-state index contributed by atoms with van der Waals surface area (Å²) in [6, 6.07) is 12.8. The van der Waals surface area contributed by atoms with Crippen molar-refractivity contribution in [3.05, 3.63) is 36.4 Å². The molecule has 1 unspecified atom stereocenters. The smallest absolute Gasteiger partial charge is 0.225 e.